The maximum Gasteiger partial charge on any atom is 0.174 e. The third kappa shape index (κ3) is 5.28. The Morgan fingerprint density at radius 2 is 1.68 bits per heavy atom. The molecular formula is C33H35BrClN5S. The van der Waals surface area contributed by atoms with Gasteiger partial charge in [-0.15, -0.1) is 0 Å². The van der Waals surface area contributed by atoms with Crippen LogP contribution in [-0.4, -0.2) is 27.8 Å². The average Bonchev–Trinajstić information content (AvgIpc) is 3.43. The third-order valence-electron chi connectivity index (χ3n) is 8.40. The van der Waals surface area contributed by atoms with Crippen LogP contribution in [0.4, 0.5) is 11.4 Å². The predicted octanol–water partition coefficient (Wildman–Crippen LogP) is 8.56. The van der Waals surface area contributed by atoms with Crippen molar-refractivity contribution in [2.24, 2.45) is 11.8 Å². The molecule has 4 aromatic rings. The van der Waals surface area contributed by atoms with Gasteiger partial charge < -0.3 is 19.7 Å². The van der Waals surface area contributed by atoms with Crippen molar-refractivity contribution in [1.82, 2.24) is 14.9 Å². The zero-order valence-electron chi connectivity index (χ0n) is 23.8. The highest BCUT2D eigenvalue weighted by molar-refractivity contribution is 9.10. The Labute approximate surface area is 261 Å². The lowest BCUT2D eigenvalue weighted by Gasteiger charge is -2.37. The van der Waals surface area contributed by atoms with Gasteiger partial charge in [0.25, 0.3) is 0 Å². The maximum atomic E-state index is 7.04. The molecule has 0 spiro atoms. The number of anilines is 2. The molecule has 2 aromatic carbocycles. The number of aromatic nitrogens is 2. The van der Waals surface area contributed by atoms with E-state index in [2.05, 4.69) is 112 Å². The smallest absolute Gasteiger partial charge is 0.174 e. The van der Waals surface area contributed by atoms with E-state index in [1.165, 1.54) is 12.0 Å². The van der Waals surface area contributed by atoms with Gasteiger partial charge in [0.2, 0.25) is 0 Å². The Bertz CT molecular complexity index is 1580. The van der Waals surface area contributed by atoms with Gasteiger partial charge in [-0.05, 0) is 114 Å². The van der Waals surface area contributed by atoms with E-state index in [9.17, 15) is 0 Å². The molecule has 0 aliphatic carbocycles. The first-order chi connectivity index (χ1) is 19.7. The minimum Gasteiger partial charge on any atom is -0.370 e. The lowest BCUT2D eigenvalue weighted by atomic mass is 9.91. The largest absolute Gasteiger partial charge is 0.370 e. The highest BCUT2D eigenvalue weighted by Crippen LogP contribution is 2.45. The van der Waals surface area contributed by atoms with Crippen LogP contribution in [0.3, 0.4) is 0 Å². The first-order valence-corrected chi connectivity index (χ1v) is 15.8. The number of nitrogens with one attached hydrogen (secondary N) is 1. The minimum atomic E-state index is -0.126. The third-order valence-corrected chi connectivity index (χ3v) is 9.69. The summed E-state index contributed by atoms with van der Waals surface area (Å²) in [6, 6.07) is 22.8. The number of nitrogens with zero attached hydrogens (tertiary/aromatic N) is 4. The van der Waals surface area contributed by atoms with E-state index in [-0.39, 0.29) is 12.1 Å². The Balaban J connectivity index is 1.45. The second-order valence-corrected chi connectivity index (χ2v) is 13.2. The molecule has 0 unspecified atom stereocenters. The van der Waals surface area contributed by atoms with Crippen LogP contribution in [0.2, 0.25) is 5.02 Å². The molecule has 4 heterocycles. The van der Waals surface area contributed by atoms with E-state index < -0.39 is 0 Å². The van der Waals surface area contributed by atoms with Gasteiger partial charge in [0.1, 0.15) is 0 Å². The fourth-order valence-electron chi connectivity index (χ4n) is 6.80. The van der Waals surface area contributed by atoms with E-state index in [0.717, 1.165) is 56.7 Å². The summed E-state index contributed by atoms with van der Waals surface area (Å²) in [5.41, 5.74) is 7.65. The molecular weight excluding hydrogens is 614 g/mol. The Morgan fingerprint density at radius 3 is 2.37 bits per heavy atom. The molecule has 2 saturated heterocycles. The van der Waals surface area contributed by atoms with Crippen LogP contribution in [0, 0.1) is 25.7 Å². The monoisotopic (exact) mass is 647 g/mol. The molecule has 41 heavy (non-hydrogen) atoms. The van der Waals surface area contributed by atoms with Crippen LogP contribution in [0.25, 0.3) is 5.69 Å². The topological polar surface area (TPSA) is 36.3 Å². The van der Waals surface area contributed by atoms with Crippen LogP contribution in [0.5, 0.6) is 0 Å². The van der Waals surface area contributed by atoms with Crippen LogP contribution >= 0.6 is 39.7 Å². The van der Waals surface area contributed by atoms with Gasteiger partial charge in [-0.1, -0.05) is 43.6 Å². The summed E-state index contributed by atoms with van der Waals surface area (Å²) in [7, 11) is 0. The second kappa shape index (κ2) is 11.4. The zero-order valence-corrected chi connectivity index (χ0v) is 27.0. The van der Waals surface area contributed by atoms with Crippen LogP contribution < -0.4 is 15.1 Å². The van der Waals surface area contributed by atoms with Crippen molar-refractivity contribution in [3.63, 3.8) is 0 Å². The first kappa shape index (κ1) is 28.3. The molecule has 2 fully saturated rings. The van der Waals surface area contributed by atoms with Crippen molar-refractivity contribution < 1.29 is 0 Å². The van der Waals surface area contributed by atoms with E-state index >= 15 is 0 Å². The van der Waals surface area contributed by atoms with Crippen LogP contribution in [0.1, 0.15) is 55.0 Å². The van der Waals surface area contributed by atoms with Crippen molar-refractivity contribution in [2.75, 3.05) is 22.9 Å². The molecule has 2 aromatic heterocycles. The van der Waals surface area contributed by atoms with E-state index in [0.29, 0.717) is 16.9 Å². The zero-order chi connectivity index (χ0) is 28.8. The second-order valence-electron chi connectivity index (χ2n) is 11.6. The normalized spacial score (nSPS) is 22.7. The fourth-order valence-corrected chi connectivity index (χ4v) is 7.90. The van der Waals surface area contributed by atoms with E-state index in [1.807, 2.05) is 24.4 Å². The molecule has 2 aliphatic heterocycles. The molecule has 0 bridgehead atoms. The van der Waals surface area contributed by atoms with Crippen molar-refractivity contribution in [1.29, 1.82) is 0 Å². The highest BCUT2D eigenvalue weighted by Gasteiger charge is 2.42. The predicted molar refractivity (Wildman–Crippen MR) is 177 cm³/mol. The Hall–Kier alpha value is -2.87. The molecule has 2 aliphatic rings. The summed E-state index contributed by atoms with van der Waals surface area (Å²) in [4.78, 5) is 9.40. The first-order valence-electron chi connectivity index (χ1n) is 14.2. The fraction of sp³-hybridized carbons (Fsp3) is 0.333. The minimum absolute atomic E-state index is 0.114. The van der Waals surface area contributed by atoms with Gasteiger partial charge >= 0.3 is 0 Å². The highest BCUT2D eigenvalue weighted by atomic mass is 79.9. The van der Waals surface area contributed by atoms with Gasteiger partial charge in [-0.3, -0.25) is 4.98 Å². The summed E-state index contributed by atoms with van der Waals surface area (Å²) in [5, 5.41) is 5.03. The number of benzene rings is 2. The molecule has 0 amide bonds. The number of piperidine rings is 1. The number of halogens is 2. The van der Waals surface area contributed by atoms with Gasteiger partial charge in [-0.2, -0.15) is 0 Å². The molecule has 212 valence electrons. The van der Waals surface area contributed by atoms with Gasteiger partial charge in [0.05, 0.1) is 34.2 Å². The number of rotatable bonds is 5. The standard InChI is InChI=1S/C33H35BrClN5S/c1-20-15-21(2)19-38(18-20)30-13-12-24(17-27(30)35)40-32(31(37-33(40)41)28-10-7-8-14-36-28)25-16-22(3)39(23(25)4)29-11-6-5-9-26(29)34/h5-14,16-17,20-21,31-32H,15,18-19H2,1-4H3,(H,37,41)/t20-,21-,31-,32+/m0/s1. The summed E-state index contributed by atoms with van der Waals surface area (Å²) in [5.74, 6) is 1.29. The lowest BCUT2D eigenvalue weighted by Crippen LogP contribution is -2.38. The summed E-state index contributed by atoms with van der Waals surface area (Å²) < 4.78 is 3.36. The maximum absolute atomic E-state index is 7.04. The number of pyridine rings is 1. The SMILES string of the molecule is Cc1cc([C@@H]2[C@H](c3ccccn3)NC(=S)N2c2ccc(N3C[C@@H](C)C[C@H](C)C3)c(Cl)c2)c(C)n1-c1ccccc1Br. The molecule has 5 nitrogen and oxygen atoms in total. The lowest BCUT2D eigenvalue weighted by molar-refractivity contribution is 0.357. The molecule has 6 rings (SSSR count). The molecule has 8 heteroatoms. The molecule has 0 radical (unpaired) electrons. The number of para-hydroxylation sites is 1. The van der Waals surface area contributed by atoms with Gasteiger partial charge in [0.15, 0.2) is 5.11 Å². The Morgan fingerprint density at radius 1 is 0.951 bits per heavy atom. The quantitative estimate of drug-likeness (QED) is 0.220. The van der Waals surface area contributed by atoms with Crippen LogP contribution in [0.15, 0.2) is 77.4 Å². The Kier molecular flexibility index (Phi) is 7.88. The van der Waals surface area contributed by atoms with Crippen molar-refractivity contribution in [3.05, 3.63) is 105 Å². The molecule has 4 atom stereocenters. The number of aryl methyl sites for hydroxylation is 1. The number of hydrogen-bond acceptors (Lipinski definition) is 3. The molecule has 1 N–H and O–H groups in total. The van der Waals surface area contributed by atoms with Gasteiger partial charge in [-0.25, -0.2) is 0 Å². The van der Waals surface area contributed by atoms with Crippen LogP contribution in [-0.2, 0) is 0 Å². The van der Waals surface area contributed by atoms with Crippen molar-refractivity contribution in [3.8, 4) is 5.69 Å². The van der Waals surface area contributed by atoms with E-state index in [1.54, 1.807) is 0 Å². The van der Waals surface area contributed by atoms with Gasteiger partial charge in [0, 0.05) is 40.8 Å². The number of thiocarbonyl (C=S) groups is 1. The van der Waals surface area contributed by atoms with Crippen molar-refractivity contribution in [2.45, 2.75) is 46.2 Å². The summed E-state index contributed by atoms with van der Waals surface area (Å²) >= 11 is 16.8. The average molecular weight is 649 g/mol. The summed E-state index contributed by atoms with van der Waals surface area (Å²) in [6.07, 6.45) is 3.10. The number of hydrogen-bond donors (Lipinski definition) is 1. The van der Waals surface area contributed by atoms with Crippen molar-refractivity contribution >= 4 is 56.2 Å². The molecule has 0 saturated carbocycles. The summed E-state index contributed by atoms with van der Waals surface area (Å²) in [6.45, 7) is 11.0. The van der Waals surface area contributed by atoms with E-state index in [4.69, 9.17) is 28.8 Å².